The SMILES string of the molecule is C[Si](C)(C)CCOCn1nc(-c2cccc([N+](=O)[O-])c2)c2cc(Br)cnc21. The number of nitro groups is 1. The normalized spacial score (nSPS) is 11.9. The van der Waals surface area contributed by atoms with Crippen LogP contribution in [0.25, 0.3) is 22.3 Å². The van der Waals surface area contributed by atoms with Crippen molar-refractivity contribution in [2.24, 2.45) is 0 Å². The first-order valence-electron chi connectivity index (χ1n) is 8.59. The molecule has 0 radical (unpaired) electrons. The van der Waals surface area contributed by atoms with Crippen LogP contribution in [0, 0.1) is 10.1 Å². The molecule has 0 aliphatic heterocycles. The average Bonchev–Trinajstić information content (AvgIpc) is 2.96. The Bertz CT molecular complexity index is 984. The standard InChI is InChI=1S/C18H21BrN4O3Si/c1-27(2,3)8-7-26-12-22-18-16(10-14(19)11-20-18)17(21-22)13-5-4-6-15(9-13)23(24)25/h4-6,9-11H,7-8,12H2,1-3H3. The van der Waals surface area contributed by atoms with Gasteiger partial charge < -0.3 is 4.74 Å². The summed E-state index contributed by atoms with van der Waals surface area (Å²) in [5.74, 6) is 0. The van der Waals surface area contributed by atoms with Gasteiger partial charge in [0.15, 0.2) is 5.65 Å². The number of non-ortho nitro benzene ring substituents is 1. The molecule has 27 heavy (non-hydrogen) atoms. The maximum absolute atomic E-state index is 11.1. The second-order valence-corrected chi connectivity index (χ2v) is 14.1. The first-order valence-corrected chi connectivity index (χ1v) is 13.1. The van der Waals surface area contributed by atoms with Crippen molar-refractivity contribution in [2.45, 2.75) is 32.4 Å². The molecule has 3 rings (SSSR count). The van der Waals surface area contributed by atoms with E-state index in [1.807, 2.05) is 12.1 Å². The van der Waals surface area contributed by atoms with Crippen molar-refractivity contribution in [3.8, 4) is 11.3 Å². The van der Waals surface area contributed by atoms with Gasteiger partial charge in [0.25, 0.3) is 5.69 Å². The van der Waals surface area contributed by atoms with E-state index in [0.29, 0.717) is 30.2 Å². The van der Waals surface area contributed by atoms with E-state index in [1.54, 1.807) is 16.9 Å². The number of nitrogens with zero attached hydrogens (tertiary/aromatic N) is 4. The number of rotatable bonds is 7. The van der Waals surface area contributed by atoms with Crippen molar-refractivity contribution in [1.82, 2.24) is 14.8 Å². The quantitative estimate of drug-likeness (QED) is 0.217. The van der Waals surface area contributed by atoms with E-state index >= 15 is 0 Å². The Morgan fingerprint density at radius 3 is 2.78 bits per heavy atom. The van der Waals surface area contributed by atoms with Gasteiger partial charge >= 0.3 is 0 Å². The monoisotopic (exact) mass is 448 g/mol. The van der Waals surface area contributed by atoms with Gasteiger partial charge in [-0.25, -0.2) is 9.67 Å². The van der Waals surface area contributed by atoms with E-state index in [4.69, 9.17) is 4.74 Å². The van der Waals surface area contributed by atoms with E-state index < -0.39 is 13.0 Å². The van der Waals surface area contributed by atoms with Gasteiger partial charge in [-0.1, -0.05) is 31.8 Å². The molecule has 2 heterocycles. The maximum atomic E-state index is 11.1. The predicted molar refractivity (Wildman–Crippen MR) is 111 cm³/mol. The van der Waals surface area contributed by atoms with Crippen LogP contribution in [0.15, 0.2) is 41.0 Å². The number of nitro benzene ring substituents is 1. The highest BCUT2D eigenvalue weighted by Gasteiger charge is 2.17. The lowest BCUT2D eigenvalue weighted by Crippen LogP contribution is -2.22. The van der Waals surface area contributed by atoms with Crippen LogP contribution in [0.3, 0.4) is 0 Å². The van der Waals surface area contributed by atoms with Crippen LogP contribution in [-0.4, -0.2) is 34.4 Å². The molecule has 0 unspecified atom stereocenters. The Morgan fingerprint density at radius 1 is 1.30 bits per heavy atom. The molecule has 2 aromatic heterocycles. The minimum Gasteiger partial charge on any atom is -0.359 e. The number of hydrogen-bond acceptors (Lipinski definition) is 5. The molecule has 0 amide bonds. The Labute approximate surface area is 166 Å². The molecule has 142 valence electrons. The van der Waals surface area contributed by atoms with Crippen LogP contribution in [0.2, 0.25) is 25.7 Å². The van der Waals surface area contributed by atoms with Crippen molar-refractivity contribution in [2.75, 3.05) is 6.61 Å². The Morgan fingerprint density at radius 2 is 2.07 bits per heavy atom. The largest absolute Gasteiger partial charge is 0.359 e. The van der Waals surface area contributed by atoms with Crippen molar-refractivity contribution in [1.29, 1.82) is 0 Å². The third-order valence-electron chi connectivity index (χ3n) is 4.09. The zero-order valence-electron chi connectivity index (χ0n) is 15.5. The lowest BCUT2D eigenvalue weighted by Gasteiger charge is -2.15. The van der Waals surface area contributed by atoms with Crippen LogP contribution in [-0.2, 0) is 11.5 Å². The van der Waals surface area contributed by atoms with E-state index in [0.717, 1.165) is 15.9 Å². The summed E-state index contributed by atoms with van der Waals surface area (Å²) < 4.78 is 8.35. The topological polar surface area (TPSA) is 83.1 Å². The lowest BCUT2D eigenvalue weighted by atomic mass is 10.1. The van der Waals surface area contributed by atoms with Crippen molar-refractivity contribution < 1.29 is 9.66 Å². The first-order chi connectivity index (χ1) is 12.7. The molecular formula is C18H21BrN4O3Si. The molecule has 7 nitrogen and oxygen atoms in total. The molecule has 0 N–H and O–H groups in total. The Balaban J connectivity index is 1.95. The van der Waals surface area contributed by atoms with Crippen molar-refractivity contribution in [3.63, 3.8) is 0 Å². The third-order valence-corrected chi connectivity index (χ3v) is 6.23. The summed E-state index contributed by atoms with van der Waals surface area (Å²) in [7, 11) is -1.16. The summed E-state index contributed by atoms with van der Waals surface area (Å²) in [4.78, 5) is 15.2. The molecule has 0 spiro atoms. The van der Waals surface area contributed by atoms with Crippen molar-refractivity contribution in [3.05, 3.63) is 51.1 Å². The van der Waals surface area contributed by atoms with Gasteiger partial charge in [0.2, 0.25) is 0 Å². The fraction of sp³-hybridized carbons (Fsp3) is 0.333. The fourth-order valence-electron chi connectivity index (χ4n) is 2.63. The Kier molecular flexibility index (Phi) is 5.73. The summed E-state index contributed by atoms with van der Waals surface area (Å²) in [6.07, 6.45) is 1.71. The molecule has 1 aromatic carbocycles. The number of benzene rings is 1. The summed E-state index contributed by atoms with van der Waals surface area (Å²) in [6.45, 7) is 7.89. The highest BCUT2D eigenvalue weighted by atomic mass is 79.9. The molecule has 0 bridgehead atoms. The van der Waals surface area contributed by atoms with E-state index in [1.165, 1.54) is 12.1 Å². The van der Waals surface area contributed by atoms with Crippen LogP contribution in [0.4, 0.5) is 5.69 Å². The van der Waals surface area contributed by atoms with Gasteiger partial charge in [-0.2, -0.15) is 5.10 Å². The molecule has 0 aliphatic carbocycles. The van der Waals surface area contributed by atoms with E-state index in [2.05, 4.69) is 45.7 Å². The number of pyridine rings is 1. The maximum Gasteiger partial charge on any atom is 0.270 e. The third kappa shape index (κ3) is 4.79. The summed E-state index contributed by atoms with van der Waals surface area (Å²) in [5.41, 5.74) is 2.04. The molecular weight excluding hydrogens is 428 g/mol. The summed E-state index contributed by atoms with van der Waals surface area (Å²) in [6, 6.07) is 9.46. The van der Waals surface area contributed by atoms with Crippen LogP contribution in [0.5, 0.6) is 0 Å². The minimum absolute atomic E-state index is 0.0320. The van der Waals surface area contributed by atoms with Gasteiger partial charge in [0.05, 0.1) is 4.92 Å². The average molecular weight is 449 g/mol. The molecule has 3 aromatic rings. The first kappa shape index (κ1) is 19.7. The van der Waals surface area contributed by atoms with Crippen LogP contribution in [0.1, 0.15) is 0 Å². The predicted octanol–water partition coefficient (Wildman–Crippen LogP) is 5.08. The molecule has 9 heteroatoms. The summed E-state index contributed by atoms with van der Waals surface area (Å²) >= 11 is 3.44. The second-order valence-electron chi connectivity index (χ2n) is 7.53. The summed E-state index contributed by atoms with van der Waals surface area (Å²) in [5, 5.41) is 16.6. The van der Waals surface area contributed by atoms with Gasteiger partial charge in [-0.05, 0) is 28.0 Å². The van der Waals surface area contributed by atoms with Gasteiger partial charge in [-0.15, -0.1) is 0 Å². The minimum atomic E-state index is -1.16. The van der Waals surface area contributed by atoms with Crippen molar-refractivity contribution >= 4 is 40.7 Å². The number of halogens is 1. The molecule has 0 atom stereocenters. The zero-order chi connectivity index (χ0) is 19.6. The highest BCUT2D eigenvalue weighted by molar-refractivity contribution is 9.10. The van der Waals surface area contributed by atoms with Crippen LogP contribution >= 0.6 is 15.9 Å². The fourth-order valence-corrected chi connectivity index (χ4v) is 3.72. The molecule has 0 fully saturated rings. The highest BCUT2D eigenvalue weighted by Crippen LogP contribution is 2.30. The van der Waals surface area contributed by atoms with E-state index in [-0.39, 0.29) is 5.69 Å². The number of hydrogen-bond donors (Lipinski definition) is 0. The molecule has 0 saturated heterocycles. The lowest BCUT2D eigenvalue weighted by molar-refractivity contribution is -0.384. The van der Waals surface area contributed by atoms with E-state index in [9.17, 15) is 10.1 Å². The van der Waals surface area contributed by atoms with Crippen LogP contribution < -0.4 is 0 Å². The molecule has 0 saturated carbocycles. The number of ether oxygens (including phenoxy) is 1. The number of fused-ring (bicyclic) bond motifs is 1. The smallest absolute Gasteiger partial charge is 0.270 e. The molecule has 0 aliphatic rings. The zero-order valence-corrected chi connectivity index (χ0v) is 18.1. The Hall–Kier alpha value is -2.10. The number of aromatic nitrogens is 3. The van der Waals surface area contributed by atoms with Gasteiger partial charge in [-0.3, -0.25) is 10.1 Å². The second kappa shape index (κ2) is 7.87. The van der Waals surface area contributed by atoms with Gasteiger partial charge in [0, 0.05) is 48.4 Å². The van der Waals surface area contributed by atoms with Gasteiger partial charge in [0.1, 0.15) is 12.4 Å².